The molecule has 1 aromatic heterocycles. The van der Waals surface area contributed by atoms with Crippen LogP contribution in [0.1, 0.15) is 4.88 Å². The van der Waals surface area contributed by atoms with Gasteiger partial charge in [0.1, 0.15) is 0 Å². The zero-order chi connectivity index (χ0) is 5.11. The molecule has 0 aliphatic rings. The molecule has 0 saturated carbocycles. The molecule has 7 heavy (non-hydrogen) atoms. The van der Waals surface area contributed by atoms with E-state index in [0.717, 1.165) is 0 Å². The van der Waals surface area contributed by atoms with E-state index in [1.807, 2.05) is 11.3 Å². The molecule has 0 spiro atoms. The molecule has 0 N–H and O–H groups in total. The van der Waals surface area contributed by atoms with Crippen LogP contribution in [0.2, 0.25) is 0 Å². The van der Waals surface area contributed by atoms with Gasteiger partial charge in [-0.1, -0.05) is 0 Å². The van der Waals surface area contributed by atoms with Crippen molar-refractivity contribution in [3.05, 3.63) is 22.4 Å². The topological polar surface area (TPSA) is 0 Å². The Bertz CT molecular complexity index is 123. The number of hydrogen-bond acceptors (Lipinski definition) is 1. The predicted octanol–water partition coefficient (Wildman–Crippen LogP) is 1.79. The number of rotatable bonds is 1. The Hall–Kier alpha value is 0.804. The Morgan fingerprint density at radius 1 is 1.71 bits per heavy atom. The normalized spacial score (nSPS) is 9.00. The zero-order valence-corrected chi connectivity index (χ0v) is 7.58. The Morgan fingerprint density at radius 2 is 2.57 bits per heavy atom. The number of hydrogen-bond donors (Lipinski definition) is 0. The first kappa shape index (κ1) is 5.93. The van der Waals surface area contributed by atoms with E-state index in [4.69, 9.17) is 0 Å². The summed E-state index contributed by atoms with van der Waals surface area (Å²) in [4.78, 5) is 1.53. The van der Waals surface area contributed by atoms with Crippen molar-refractivity contribution in [3.63, 3.8) is 0 Å². The molecule has 34 valence electrons. The van der Waals surface area contributed by atoms with Gasteiger partial charge in [-0.2, -0.15) is 0 Å². The van der Waals surface area contributed by atoms with Crippen LogP contribution < -0.4 is 0 Å². The molecule has 1 heterocycles. The van der Waals surface area contributed by atoms with E-state index in [1.165, 1.54) is 39.1 Å². The summed E-state index contributed by atoms with van der Waals surface area (Å²) in [5.74, 6) is 0. The van der Waals surface area contributed by atoms with Crippen molar-refractivity contribution in [2.45, 2.75) is 3.23 Å². The summed E-state index contributed by atoms with van der Waals surface area (Å²) in [6.07, 6.45) is 0. The average Bonchev–Trinajstić information content (AvgIpc) is 2.14. The summed E-state index contributed by atoms with van der Waals surface area (Å²) < 4.78 is 1.31. The minimum atomic E-state index is 1.31. The first-order chi connectivity index (χ1) is 3.43. The summed E-state index contributed by atoms with van der Waals surface area (Å²) >= 11 is 3.21. The predicted molar refractivity (Wildman–Crippen MR) is 28.0 cm³/mol. The molecular formula is C5H5SY. The monoisotopic (exact) mass is 186 g/mol. The zero-order valence-electron chi connectivity index (χ0n) is 3.92. The molecule has 0 radical (unpaired) electrons. The molecule has 0 aliphatic heterocycles. The van der Waals surface area contributed by atoms with E-state index >= 15 is 0 Å². The van der Waals surface area contributed by atoms with Gasteiger partial charge in [0, 0.05) is 0 Å². The van der Waals surface area contributed by atoms with Crippen molar-refractivity contribution in [3.8, 4) is 0 Å². The molecule has 0 fully saturated rings. The van der Waals surface area contributed by atoms with Gasteiger partial charge in [-0.05, 0) is 0 Å². The first-order valence-corrected chi connectivity index (χ1v) is 5.04. The van der Waals surface area contributed by atoms with Gasteiger partial charge in [0.25, 0.3) is 0 Å². The molecule has 0 amide bonds. The fraction of sp³-hybridized carbons (Fsp3) is 0.200. The van der Waals surface area contributed by atoms with E-state index in [2.05, 4.69) is 17.5 Å². The van der Waals surface area contributed by atoms with Gasteiger partial charge in [-0.3, -0.25) is 0 Å². The standard InChI is InChI=1S/C5H5S.Y/c1-5-3-2-4-6-5;/h2-4H,1H2;. The van der Waals surface area contributed by atoms with Crippen LogP contribution in [0.5, 0.6) is 0 Å². The molecule has 0 aliphatic carbocycles. The number of thiophene rings is 1. The maximum atomic E-state index is 2.19. The molecule has 0 aromatic carbocycles. The van der Waals surface area contributed by atoms with E-state index in [1.54, 1.807) is 0 Å². The fourth-order valence-corrected chi connectivity index (χ4v) is 2.06. The minimum absolute atomic E-state index is 1.31. The molecular weight excluding hydrogens is 181 g/mol. The Kier molecular flexibility index (Phi) is 2.51. The molecule has 0 saturated heterocycles. The van der Waals surface area contributed by atoms with Crippen LogP contribution >= 0.6 is 11.3 Å². The Morgan fingerprint density at radius 3 is 2.86 bits per heavy atom. The van der Waals surface area contributed by atoms with Crippen molar-refractivity contribution in [2.75, 3.05) is 0 Å². The van der Waals surface area contributed by atoms with Crippen molar-refractivity contribution < 1.29 is 31.0 Å². The van der Waals surface area contributed by atoms with Gasteiger partial charge in [0.15, 0.2) is 0 Å². The van der Waals surface area contributed by atoms with E-state index < -0.39 is 0 Å². The summed E-state index contributed by atoms with van der Waals surface area (Å²) in [5.41, 5.74) is 0. The van der Waals surface area contributed by atoms with Crippen molar-refractivity contribution in [1.29, 1.82) is 0 Å². The van der Waals surface area contributed by atoms with Gasteiger partial charge >= 0.3 is 67.9 Å². The third-order valence-electron chi connectivity index (χ3n) is 0.781. The van der Waals surface area contributed by atoms with Crippen LogP contribution in [0, 0.1) is 0 Å². The summed E-state index contributed by atoms with van der Waals surface area (Å²) in [5, 5.41) is 2.13. The van der Waals surface area contributed by atoms with E-state index in [9.17, 15) is 0 Å². The van der Waals surface area contributed by atoms with Crippen molar-refractivity contribution in [1.82, 2.24) is 0 Å². The SMILES string of the molecule is [Y][CH2]c1cccs1. The average molecular weight is 186 g/mol. The molecule has 1 aromatic rings. The van der Waals surface area contributed by atoms with Gasteiger partial charge in [-0.15, -0.1) is 0 Å². The van der Waals surface area contributed by atoms with Gasteiger partial charge in [0.2, 0.25) is 0 Å². The van der Waals surface area contributed by atoms with Crippen LogP contribution in [0.4, 0.5) is 0 Å². The molecule has 2 heteroatoms. The first-order valence-electron chi connectivity index (χ1n) is 2.16. The molecule has 0 unspecified atom stereocenters. The second-order valence-electron chi connectivity index (χ2n) is 1.28. The van der Waals surface area contributed by atoms with E-state index in [0.29, 0.717) is 0 Å². The van der Waals surface area contributed by atoms with Gasteiger partial charge in [-0.25, -0.2) is 0 Å². The fourth-order valence-electron chi connectivity index (χ4n) is 0.429. The van der Waals surface area contributed by atoms with Crippen molar-refractivity contribution >= 4 is 11.3 Å². The quantitative estimate of drug-likeness (QED) is 0.627. The second kappa shape index (κ2) is 2.96. The molecule has 0 atom stereocenters. The van der Waals surface area contributed by atoms with Crippen LogP contribution in [-0.2, 0) is 34.2 Å². The molecule has 0 nitrogen and oxygen atoms in total. The summed E-state index contributed by atoms with van der Waals surface area (Å²) in [6, 6.07) is 4.30. The van der Waals surface area contributed by atoms with Crippen LogP contribution in [0.25, 0.3) is 0 Å². The second-order valence-corrected chi connectivity index (χ2v) is 3.32. The van der Waals surface area contributed by atoms with Crippen LogP contribution in [-0.4, -0.2) is 0 Å². The Balaban J connectivity index is 2.76. The summed E-state index contributed by atoms with van der Waals surface area (Å²) in [7, 11) is 0. The van der Waals surface area contributed by atoms with E-state index in [-0.39, 0.29) is 0 Å². The Labute approximate surface area is 67.4 Å². The van der Waals surface area contributed by atoms with Gasteiger partial charge < -0.3 is 0 Å². The van der Waals surface area contributed by atoms with Gasteiger partial charge in [0.05, 0.1) is 0 Å². The summed E-state index contributed by atoms with van der Waals surface area (Å²) in [6.45, 7) is 0. The molecule has 0 bridgehead atoms. The third-order valence-corrected chi connectivity index (χ3v) is 3.49. The van der Waals surface area contributed by atoms with Crippen LogP contribution in [0.3, 0.4) is 0 Å². The molecule has 1 rings (SSSR count). The van der Waals surface area contributed by atoms with Crippen molar-refractivity contribution in [2.24, 2.45) is 0 Å². The van der Waals surface area contributed by atoms with Crippen LogP contribution in [0.15, 0.2) is 17.5 Å². The third kappa shape index (κ3) is 1.63. The maximum absolute atomic E-state index is 2.19.